The third kappa shape index (κ3) is 2.63. The van der Waals surface area contributed by atoms with E-state index in [0.717, 1.165) is 12.8 Å². The minimum Gasteiger partial charge on any atom is -0.311 e. The van der Waals surface area contributed by atoms with Crippen molar-refractivity contribution in [1.29, 1.82) is 0 Å². The number of nitrogens with zero attached hydrogens (tertiary/aromatic N) is 1. The molecule has 0 aromatic heterocycles. The van der Waals surface area contributed by atoms with Gasteiger partial charge in [0.1, 0.15) is 0 Å². The van der Waals surface area contributed by atoms with Crippen LogP contribution in [0, 0.1) is 6.57 Å². The summed E-state index contributed by atoms with van der Waals surface area (Å²) < 4.78 is 0. The molecule has 1 nitrogen and oxygen atoms in total. The Morgan fingerprint density at radius 3 is 2.12 bits per heavy atom. The van der Waals surface area contributed by atoms with Crippen LogP contribution in [-0.4, -0.2) is 5.54 Å². The molecular weight excluding hydrogens is 98.1 g/mol. The third-order valence-electron chi connectivity index (χ3n) is 1.16. The predicted octanol–water partition coefficient (Wildman–Crippen LogP) is 2.48. The zero-order valence-electron chi connectivity index (χ0n) is 5.86. The van der Waals surface area contributed by atoms with Gasteiger partial charge < -0.3 is 4.85 Å². The molecule has 0 N–H and O–H groups in total. The summed E-state index contributed by atoms with van der Waals surface area (Å²) in [7, 11) is 0. The van der Waals surface area contributed by atoms with Gasteiger partial charge in [0, 0.05) is 20.3 Å². The van der Waals surface area contributed by atoms with E-state index in [1.54, 1.807) is 0 Å². The van der Waals surface area contributed by atoms with Crippen molar-refractivity contribution in [2.75, 3.05) is 0 Å². The van der Waals surface area contributed by atoms with Crippen LogP contribution in [0.3, 0.4) is 0 Å². The molecule has 0 atom stereocenters. The maximum atomic E-state index is 6.73. The van der Waals surface area contributed by atoms with Crippen LogP contribution in [0.15, 0.2) is 0 Å². The average Bonchev–Trinajstić information content (AvgIpc) is 1.67. The maximum absolute atomic E-state index is 6.73. The van der Waals surface area contributed by atoms with Crippen molar-refractivity contribution in [2.45, 2.75) is 39.2 Å². The van der Waals surface area contributed by atoms with E-state index in [4.69, 9.17) is 6.57 Å². The fourth-order valence-electron chi connectivity index (χ4n) is 0.668. The normalized spacial score (nSPS) is 10.8. The van der Waals surface area contributed by atoms with E-state index in [0.29, 0.717) is 0 Å². The molecule has 0 radical (unpaired) electrons. The Bertz CT molecular complexity index is 97.4. The van der Waals surface area contributed by atoms with Gasteiger partial charge in [0.05, 0.1) is 0 Å². The van der Waals surface area contributed by atoms with Crippen LogP contribution in [0.25, 0.3) is 4.85 Å². The highest BCUT2D eigenvalue weighted by molar-refractivity contribution is 4.88. The van der Waals surface area contributed by atoms with Crippen molar-refractivity contribution in [3.05, 3.63) is 11.4 Å². The standard InChI is InChI=1S/C7H13N/c1-5-6-7(2,3)8-4/h5-6H2,1-3H3. The van der Waals surface area contributed by atoms with Crippen LogP contribution < -0.4 is 0 Å². The summed E-state index contributed by atoms with van der Waals surface area (Å²) in [6, 6.07) is 0. The van der Waals surface area contributed by atoms with E-state index in [2.05, 4.69) is 11.8 Å². The van der Waals surface area contributed by atoms with E-state index in [1.165, 1.54) is 0 Å². The largest absolute Gasteiger partial charge is 0.311 e. The Morgan fingerprint density at radius 1 is 1.50 bits per heavy atom. The van der Waals surface area contributed by atoms with E-state index in [1.807, 2.05) is 13.8 Å². The summed E-state index contributed by atoms with van der Waals surface area (Å²) in [5.41, 5.74) is -0.116. The van der Waals surface area contributed by atoms with E-state index in [9.17, 15) is 0 Å². The topological polar surface area (TPSA) is 4.36 Å². The van der Waals surface area contributed by atoms with Crippen LogP contribution >= 0.6 is 0 Å². The van der Waals surface area contributed by atoms with Crippen molar-refractivity contribution >= 4 is 0 Å². The molecule has 0 fully saturated rings. The van der Waals surface area contributed by atoms with Gasteiger partial charge >= 0.3 is 0 Å². The van der Waals surface area contributed by atoms with Gasteiger partial charge in [-0.15, -0.1) is 0 Å². The fraction of sp³-hybridized carbons (Fsp3) is 0.857. The van der Waals surface area contributed by atoms with Crippen molar-refractivity contribution in [3.8, 4) is 0 Å². The highest BCUT2D eigenvalue weighted by atomic mass is 14.8. The molecule has 8 heavy (non-hydrogen) atoms. The lowest BCUT2D eigenvalue weighted by molar-refractivity contribution is 0.548. The van der Waals surface area contributed by atoms with E-state index >= 15 is 0 Å². The zero-order chi connectivity index (χ0) is 6.62. The molecular formula is C7H13N. The molecule has 1 heteroatoms. The molecule has 0 rings (SSSR count). The van der Waals surface area contributed by atoms with Crippen molar-refractivity contribution < 1.29 is 0 Å². The SMILES string of the molecule is [C-]#[N+]C(C)(C)CCC. The second kappa shape index (κ2) is 2.71. The van der Waals surface area contributed by atoms with Crippen LogP contribution in [0.5, 0.6) is 0 Å². The number of hydrogen-bond donors (Lipinski definition) is 0. The predicted molar refractivity (Wildman–Crippen MR) is 35.6 cm³/mol. The first kappa shape index (κ1) is 7.49. The summed E-state index contributed by atoms with van der Waals surface area (Å²) >= 11 is 0. The summed E-state index contributed by atoms with van der Waals surface area (Å²) in [4.78, 5) is 3.46. The zero-order valence-corrected chi connectivity index (χ0v) is 5.86. The molecule has 0 aromatic rings. The third-order valence-corrected chi connectivity index (χ3v) is 1.16. The van der Waals surface area contributed by atoms with Crippen molar-refractivity contribution in [1.82, 2.24) is 0 Å². The Balaban J connectivity index is 3.59. The molecule has 0 heterocycles. The smallest absolute Gasteiger partial charge is 0.227 e. The lowest BCUT2D eigenvalue weighted by Crippen LogP contribution is -2.12. The molecule has 0 saturated carbocycles. The molecule has 0 bridgehead atoms. The van der Waals surface area contributed by atoms with Crippen molar-refractivity contribution in [3.63, 3.8) is 0 Å². The minimum atomic E-state index is -0.116. The number of hydrogen-bond acceptors (Lipinski definition) is 0. The summed E-state index contributed by atoms with van der Waals surface area (Å²) in [5.74, 6) is 0. The van der Waals surface area contributed by atoms with Gasteiger partial charge in [0.2, 0.25) is 5.54 Å². The molecule has 0 saturated heterocycles. The van der Waals surface area contributed by atoms with Gasteiger partial charge in [0.25, 0.3) is 0 Å². The molecule has 0 aliphatic heterocycles. The Morgan fingerprint density at radius 2 is 2.00 bits per heavy atom. The van der Waals surface area contributed by atoms with Crippen molar-refractivity contribution in [2.24, 2.45) is 0 Å². The second-order valence-corrected chi connectivity index (χ2v) is 2.67. The highest BCUT2D eigenvalue weighted by Crippen LogP contribution is 2.14. The van der Waals surface area contributed by atoms with Gasteiger partial charge in [-0.2, -0.15) is 0 Å². The molecule has 0 spiro atoms. The second-order valence-electron chi connectivity index (χ2n) is 2.67. The maximum Gasteiger partial charge on any atom is 0.227 e. The van der Waals surface area contributed by atoms with Crippen LogP contribution in [0.2, 0.25) is 0 Å². The lowest BCUT2D eigenvalue weighted by atomic mass is 10.0. The van der Waals surface area contributed by atoms with Gasteiger partial charge in [0.15, 0.2) is 0 Å². The monoisotopic (exact) mass is 111 g/mol. The molecule has 0 aliphatic carbocycles. The molecule has 0 amide bonds. The summed E-state index contributed by atoms with van der Waals surface area (Å²) in [6.07, 6.45) is 2.12. The summed E-state index contributed by atoms with van der Waals surface area (Å²) in [5, 5.41) is 0. The Kier molecular flexibility index (Phi) is 2.54. The fourth-order valence-corrected chi connectivity index (χ4v) is 0.668. The minimum absolute atomic E-state index is 0.116. The van der Waals surface area contributed by atoms with E-state index in [-0.39, 0.29) is 5.54 Å². The van der Waals surface area contributed by atoms with Gasteiger partial charge in [-0.3, -0.25) is 0 Å². The Hall–Kier alpha value is -0.510. The van der Waals surface area contributed by atoms with E-state index < -0.39 is 0 Å². The van der Waals surface area contributed by atoms with Crippen LogP contribution in [-0.2, 0) is 0 Å². The Labute approximate surface area is 51.5 Å². The molecule has 0 aliphatic rings. The molecule has 46 valence electrons. The van der Waals surface area contributed by atoms with Crippen LogP contribution in [0.4, 0.5) is 0 Å². The first-order valence-electron chi connectivity index (χ1n) is 3.01. The average molecular weight is 111 g/mol. The summed E-state index contributed by atoms with van der Waals surface area (Å²) in [6.45, 7) is 12.8. The van der Waals surface area contributed by atoms with Crippen LogP contribution in [0.1, 0.15) is 33.6 Å². The molecule has 0 aromatic carbocycles. The quantitative estimate of drug-likeness (QED) is 0.482. The lowest BCUT2D eigenvalue weighted by Gasteiger charge is -2.07. The van der Waals surface area contributed by atoms with Gasteiger partial charge in [-0.1, -0.05) is 6.92 Å². The first-order valence-corrected chi connectivity index (χ1v) is 3.01. The highest BCUT2D eigenvalue weighted by Gasteiger charge is 2.19. The molecule has 0 unspecified atom stereocenters. The van der Waals surface area contributed by atoms with Gasteiger partial charge in [-0.25, -0.2) is 6.57 Å². The first-order chi connectivity index (χ1) is 3.62. The van der Waals surface area contributed by atoms with Gasteiger partial charge in [-0.05, 0) is 6.42 Å². The number of rotatable bonds is 2.